The van der Waals surface area contributed by atoms with Crippen LogP contribution >= 0.6 is 0 Å². The first kappa shape index (κ1) is 15.0. The fourth-order valence-electron chi connectivity index (χ4n) is 1.82. The van der Waals surface area contributed by atoms with E-state index < -0.39 is 12.6 Å². The third-order valence-corrected chi connectivity index (χ3v) is 2.94. The third kappa shape index (κ3) is 6.05. The smallest absolute Gasteiger partial charge is 0.300 e. The number of halogens is 3. The van der Waals surface area contributed by atoms with Crippen molar-refractivity contribution in [2.75, 3.05) is 13.1 Å². The minimum Gasteiger partial charge on any atom is -0.300 e. The van der Waals surface area contributed by atoms with Gasteiger partial charge in [0.25, 0.3) is 0 Å². The van der Waals surface area contributed by atoms with Crippen LogP contribution in [-0.4, -0.2) is 30.2 Å². The molecular weight excluding hydrogens is 239 g/mol. The number of rotatable bonds is 6. The zero-order chi connectivity index (χ0) is 13.6. The lowest BCUT2D eigenvalue weighted by Gasteiger charge is -2.26. The van der Waals surface area contributed by atoms with Gasteiger partial charge >= 0.3 is 6.18 Å². The van der Waals surface area contributed by atoms with Gasteiger partial charge in [0.1, 0.15) is 0 Å². The van der Waals surface area contributed by atoms with Crippen LogP contribution in [0.1, 0.15) is 25.8 Å². The van der Waals surface area contributed by atoms with E-state index in [4.69, 9.17) is 0 Å². The summed E-state index contributed by atoms with van der Waals surface area (Å²) in [5, 5.41) is 0. The van der Waals surface area contributed by atoms with Crippen LogP contribution in [0.15, 0.2) is 30.3 Å². The quantitative estimate of drug-likeness (QED) is 0.749. The molecule has 0 saturated carbocycles. The molecule has 0 heterocycles. The molecule has 0 bridgehead atoms. The molecule has 0 saturated heterocycles. The molecule has 0 aromatic heterocycles. The molecule has 0 atom stereocenters. The van der Waals surface area contributed by atoms with E-state index in [1.165, 1.54) is 0 Å². The van der Waals surface area contributed by atoms with Crippen LogP contribution in [0.2, 0.25) is 0 Å². The van der Waals surface area contributed by atoms with Crippen molar-refractivity contribution in [3.8, 4) is 0 Å². The van der Waals surface area contributed by atoms with Crippen LogP contribution in [0.5, 0.6) is 0 Å². The van der Waals surface area contributed by atoms with E-state index in [-0.39, 0.29) is 12.6 Å². The van der Waals surface area contributed by atoms with Gasteiger partial charge in [-0.2, -0.15) is 13.2 Å². The Morgan fingerprint density at radius 1 is 1.06 bits per heavy atom. The van der Waals surface area contributed by atoms with E-state index in [0.717, 1.165) is 12.0 Å². The Balaban J connectivity index is 2.44. The molecule has 0 aliphatic carbocycles. The first-order chi connectivity index (χ1) is 8.38. The van der Waals surface area contributed by atoms with Crippen molar-refractivity contribution in [2.24, 2.45) is 0 Å². The predicted molar refractivity (Wildman–Crippen MR) is 67.5 cm³/mol. The molecule has 1 rings (SSSR count). The topological polar surface area (TPSA) is 3.24 Å². The number of benzene rings is 1. The first-order valence-electron chi connectivity index (χ1n) is 6.23. The molecule has 102 valence electrons. The SMILES string of the molecule is CC(C)N(CCc1ccccc1)CCC(F)(F)F. The summed E-state index contributed by atoms with van der Waals surface area (Å²) in [6.07, 6.45) is -4.02. The zero-order valence-corrected chi connectivity index (χ0v) is 10.9. The summed E-state index contributed by atoms with van der Waals surface area (Å²) < 4.78 is 36.6. The number of hydrogen-bond donors (Lipinski definition) is 0. The average molecular weight is 259 g/mol. The van der Waals surface area contributed by atoms with Crippen molar-refractivity contribution in [3.05, 3.63) is 35.9 Å². The molecule has 1 aromatic rings. The number of nitrogens with zero attached hydrogens (tertiary/aromatic N) is 1. The maximum atomic E-state index is 12.2. The van der Waals surface area contributed by atoms with Crippen molar-refractivity contribution >= 4 is 0 Å². The van der Waals surface area contributed by atoms with Crippen molar-refractivity contribution in [3.63, 3.8) is 0 Å². The summed E-state index contributed by atoms with van der Waals surface area (Å²) in [5.74, 6) is 0. The zero-order valence-electron chi connectivity index (χ0n) is 10.9. The van der Waals surface area contributed by atoms with Crippen molar-refractivity contribution in [1.29, 1.82) is 0 Å². The highest BCUT2D eigenvalue weighted by molar-refractivity contribution is 5.14. The maximum absolute atomic E-state index is 12.2. The van der Waals surface area contributed by atoms with Gasteiger partial charge in [-0.05, 0) is 25.8 Å². The van der Waals surface area contributed by atoms with Gasteiger partial charge in [0, 0.05) is 19.1 Å². The minimum absolute atomic E-state index is 0.0774. The Hall–Kier alpha value is -1.03. The van der Waals surface area contributed by atoms with Gasteiger partial charge in [-0.3, -0.25) is 0 Å². The van der Waals surface area contributed by atoms with Gasteiger partial charge in [0.15, 0.2) is 0 Å². The molecule has 1 aromatic carbocycles. The highest BCUT2D eigenvalue weighted by Crippen LogP contribution is 2.20. The van der Waals surface area contributed by atoms with E-state index in [0.29, 0.717) is 6.54 Å². The summed E-state index contributed by atoms with van der Waals surface area (Å²) in [7, 11) is 0. The molecule has 0 amide bonds. The molecule has 0 spiro atoms. The number of alkyl halides is 3. The van der Waals surface area contributed by atoms with Crippen LogP contribution in [0, 0.1) is 0 Å². The molecule has 0 fully saturated rings. The molecule has 0 unspecified atom stereocenters. The van der Waals surface area contributed by atoms with E-state index in [2.05, 4.69) is 0 Å². The number of hydrogen-bond acceptors (Lipinski definition) is 1. The molecule has 0 radical (unpaired) electrons. The third-order valence-electron chi connectivity index (χ3n) is 2.94. The Bertz CT molecular complexity index is 333. The lowest BCUT2D eigenvalue weighted by Crippen LogP contribution is -2.35. The lowest BCUT2D eigenvalue weighted by molar-refractivity contribution is -0.138. The van der Waals surface area contributed by atoms with Gasteiger partial charge in [-0.1, -0.05) is 30.3 Å². The normalized spacial score (nSPS) is 12.4. The molecule has 4 heteroatoms. The molecule has 0 aliphatic rings. The van der Waals surface area contributed by atoms with Crippen LogP contribution < -0.4 is 0 Å². The van der Waals surface area contributed by atoms with Crippen LogP contribution in [0.25, 0.3) is 0 Å². The maximum Gasteiger partial charge on any atom is 0.390 e. The van der Waals surface area contributed by atoms with E-state index in [1.54, 1.807) is 0 Å². The summed E-state index contributed by atoms with van der Waals surface area (Å²) in [4.78, 5) is 1.88. The van der Waals surface area contributed by atoms with Crippen molar-refractivity contribution in [2.45, 2.75) is 38.9 Å². The standard InChI is InChI=1S/C14H20F3N/c1-12(2)18(11-9-14(15,16)17)10-8-13-6-4-3-5-7-13/h3-7,12H,8-11H2,1-2H3. The second-order valence-corrected chi connectivity index (χ2v) is 4.73. The molecule has 0 aliphatic heterocycles. The fourth-order valence-corrected chi connectivity index (χ4v) is 1.82. The van der Waals surface area contributed by atoms with Gasteiger partial charge in [0.05, 0.1) is 6.42 Å². The lowest BCUT2D eigenvalue weighted by atomic mass is 10.1. The Morgan fingerprint density at radius 3 is 2.17 bits per heavy atom. The first-order valence-corrected chi connectivity index (χ1v) is 6.23. The molecule has 1 nitrogen and oxygen atoms in total. The molecule has 0 N–H and O–H groups in total. The summed E-state index contributed by atoms with van der Waals surface area (Å²) in [5.41, 5.74) is 1.16. The molecular formula is C14H20F3N. The van der Waals surface area contributed by atoms with Gasteiger partial charge < -0.3 is 4.90 Å². The van der Waals surface area contributed by atoms with Gasteiger partial charge in [-0.15, -0.1) is 0 Å². The molecule has 18 heavy (non-hydrogen) atoms. The monoisotopic (exact) mass is 259 g/mol. The predicted octanol–water partition coefficient (Wildman–Crippen LogP) is 3.89. The fraction of sp³-hybridized carbons (Fsp3) is 0.571. The highest BCUT2D eigenvalue weighted by atomic mass is 19.4. The van der Waals surface area contributed by atoms with Gasteiger partial charge in [0.2, 0.25) is 0 Å². The Labute approximate surface area is 107 Å². The van der Waals surface area contributed by atoms with E-state index in [9.17, 15) is 13.2 Å². The van der Waals surface area contributed by atoms with Crippen molar-refractivity contribution in [1.82, 2.24) is 4.90 Å². The Morgan fingerprint density at radius 2 is 1.67 bits per heavy atom. The van der Waals surface area contributed by atoms with Crippen LogP contribution in [0.3, 0.4) is 0 Å². The summed E-state index contributed by atoms with van der Waals surface area (Å²) >= 11 is 0. The second-order valence-electron chi connectivity index (χ2n) is 4.73. The second kappa shape index (κ2) is 6.78. The van der Waals surface area contributed by atoms with Crippen molar-refractivity contribution < 1.29 is 13.2 Å². The van der Waals surface area contributed by atoms with Crippen LogP contribution in [-0.2, 0) is 6.42 Å². The van der Waals surface area contributed by atoms with Crippen LogP contribution in [0.4, 0.5) is 13.2 Å². The minimum atomic E-state index is -4.07. The summed E-state index contributed by atoms with van der Waals surface area (Å²) in [6, 6.07) is 9.98. The average Bonchev–Trinajstić information content (AvgIpc) is 2.28. The van der Waals surface area contributed by atoms with E-state index in [1.807, 2.05) is 49.1 Å². The Kier molecular flexibility index (Phi) is 5.66. The van der Waals surface area contributed by atoms with E-state index >= 15 is 0 Å². The largest absolute Gasteiger partial charge is 0.390 e. The highest BCUT2D eigenvalue weighted by Gasteiger charge is 2.28. The summed E-state index contributed by atoms with van der Waals surface area (Å²) in [6.45, 7) is 4.61. The van der Waals surface area contributed by atoms with Gasteiger partial charge in [-0.25, -0.2) is 0 Å².